The molecule has 0 aromatic heterocycles. The van der Waals surface area contributed by atoms with Crippen molar-refractivity contribution in [1.29, 1.82) is 0 Å². The van der Waals surface area contributed by atoms with E-state index in [9.17, 15) is 8.22 Å². The van der Waals surface area contributed by atoms with Gasteiger partial charge in [-0.2, -0.15) is 0 Å². The Balaban J connectivity index is 0.938. The number of benzene rings is 9. The predicted octanol–water partition coefficient (Wildman–Crippen LogP) is 14.6. The molecule has 8 bridgehead atoms. The number of anilines is 19. The first kappa shape index (κ1) is 39.2. The van der Waals surface area contributed by atoms with Gasteiger partial charge in [0.05, 0.1) is 0 Å². The number of para-hydroxylation sites is 8. The van der Waals surface area contributed by atoms with Crippen molar-refractivity contribution in [2.75, 3.05) is 94.9 Å². The number of rotatable bonds is 3. The molecular weight excluding hydrogens is 1390 g/mol. The van der Waals surface area contributed by atoms with Crippen molar-refractivity contribution in [3.8, 4) is 0 Å². The van der Waals surface area contributed by atoms with Crippen LogP contribution in [-0.4, -0.2) is 57.6 Å². The topological polar surface area (TPSA) is 35.6 Å². The Morgan fingerprint density at radius 1 is 0.337 bits per heavy atom. The first-order chi connectivity index (χ1) is 45.3. The number of fused-ring (bicyclic) bond motifs is 24. The van der Waals surface area contributed by atoms with Gasteiger partial charge in [-0.3, -0.25) is 0 Å². The van der Waals surface area contributed by atoms with E-state index in [4.69, 9.17) is 8.22 Å². The van der Waals surface area contributed by atoms with Crippen molar-refractivity contribution in [1.82, 2.24) is 0 Å². The summed E-state index contributed by atoms with van der Waals surface area (Å²) in [6.45, 7) is -2.74. The fraction of sp³-hybridized carbons (Fsp3) is 0.171. The first-order valence-corrected chi connectivity index (χ1v) is 31.9. The summed E-state index contributed by atoms with van der Waals surface area (Å²) in [6, 6.07) is 73.0. The van der Waals surface area contributed by atoms with E-state index in [1.54, 1.807) is 18.2 Å². The summed E-state index contributed by atoms with van der Waals surface area (Å²) >= 11 is -3.46. The van der Waals surface area contributed by atoms with Gasteiger partial charge in [-0.05, 0) is 0 Å². The minimum atomic E-state index is -2.69. The maximum atomic E-state index is 9.22. The molecule has 418 valence electrons. The van der Waals surface area contributed by atoms with E-state index >= 15 is 0 Å². The zero-order chi connectivity index (χ0) is 66.0. The van der Waals surface area contributed by atoms with Gasteiger partial charge in [0.15, 0.2) is 0 Å². The maximum absolute atomic E-state index is 9.22. The van der Waals surface area contributed by atoms with Gasteiger partial charge in [-0.1, -0.05) is 0 Å². The Labute approximate surface area is 519 Å². The van der Waals surface area contributed by atoms with Crippen molar-refractivity contribution >= 4 is 125 Å². The molecule has 11 nitrogen and oxygen atoms in total. The van der Waals surface area contributed by atoms with E-state index in [0.717, 1.165) is 37.2 Å². The molecule has 0 amide bonds. The van der Waals surface area contributed by atoms with E-state index in [2.05, 4.69) is 84.0 Å². The fourth-order valence-electron chi connectivity index (χ4n) is 11.9. The average Bonchev–Trinajstić information content (AvgIpc) is 1.58. The number of hydrogen-bond acceptors (Lipinski definition) is 11. The third-order valence-electron chi connectivity index (χ3n) is 15.9. The summed E-state index contributed by atoms with van der Waals surface area (Å²) in [6.07, 6.45) is 1.97. The van der Waals surface area contributed by atoms with E-state index in [1.807, 2.05) is 159 Å². The summed E-state index contributed by atoms with van der Waals surface area (Å²) in [4.78, 5) is 19.9. The molecule has 0 aliphatic carbocycles. The third kappa shape index (κ3) is 7.91. The quantitative estimate of drug-likeness (QED) is 0.159. The molecule has 13 heteroatoms. The molecule has 9 aromatic carbocycles. The standard InChI is InChI=1S/C70H59N11.2Pt/c1-70(2,3)50-38-58(78-48-73(6)64-26-10-14-30-68(64)78)44-60(39-50)80(55-22-18-20-53(40-55)76-46-71(4)62-24-8-12-28-66(62)76)51-32-34-52(35-33-51)81(56-23-19-21-54(41-56)77-47-72(5)63-25-9-13-29-67(63)77)61-43-57(75-36-16-17-37-75)42-59(45-61)79-49-74(7)65-27-11-15-31-69(65)79;;/h8-15,18-35,38-39,42-43H,16-17,36-37H2,1-7H3;;/q-4;;/i4D3,5D3,6D3,7D3;;. The van der Waals surface area contributed by atoms with Crippen LogP contribution in [0.25, 0.3) is 0 Å². The van der Waals surface area contributed by atoms with Crippen molar-refractivity contribution in [2.45, 2.75) is 39.0 Å². The first-order valence-electron chi connectivity index (χ1n) is 33.4. The Kier molecular flexibility index (Phi) is 9.01. The van der Waals surface area contributed by atoms with Crippen molar-refractivity contribution in [3.63, 3.8) is 0 Å². The summed E-state index contributed by atoms with van der Waals surface area (Å²) in [5, 5.41) is 0. The van der Waals surface area contributed by atoms with Crippen LogP contribution in [0.5, 0.6) is 0 Å². The van der Waals surface area contributed by atoms with Crippen LogP contribution in [0.1, 0.15) is 55.6 Å². The van der Waals surface area contributed by atoms with E-state index in [-0.39, 0.29) is 0 Å². The van der Waals surface area contributed by atoms with Crippen LogP contribution in [0.4, 0.5) is 108 Å². The molecule has 0 atom stereocenters. The van der Waals surface area contributed by atoms with Crippen molar-refractivity contribution in [2.24, 2.45) is 0 Å². The molecular formula is C70H59N11Pt2-4. The van der Waals surface area contributed by atoms with Crippen LogP contribution in [0.15, 0.2) is 182 Å². The van der Waals surface area contributed by atoms with E-state index in [0.29, 0.717) is 119 Å². The van der Waals surface area contributed by atoms with Gasteiger partial charge in [0.1, 0.15) is 0 Å². The Morgan fingerprint density at radius 2 is 0.639 bits per heavy atom. The second kappa shape index (κ2) is 19.1. The van der Waals surface area contributed by atoms with Gasteiger partial charge in [-0.25, -0.2) is 0 Å². The summed E-state index contributed by atoms with van der Waals surface area (Å²) in [5.41, 5.74) is 11.8. The molecule has 7 heterocycles. The van der Waals surface area contributed by atoms with Gasteiger partial charge in [-0.15, -0.1) is 0 Å². The summed E-state index contributed by atoms with van der Waals surface area (Å²) in [7, 11) is 0. The molecule has 0 radical (unpaired) electrons. The normalized spacial score (nSPS) is 19.6. The van der Waals surface area contributed by atoms with Gasteiger partial charge >= 0.3 is 522 Å². The van der Waals surface area contributed by atoms with Crippen LogP contribution in [0, 0.1) is 24.3 Å². The molecule has 0 spiro atoms. The molecule has 0 N–H and O–H groups in total. The molecule has 7 aliphatic heterocycles. The van der Waals surface area contributed by atoms with Crippen LogP contribution in [-0.2, 0) is 40.7 Å². The fourth-order valence-corrected chi connectivity index (χ4v) is 18.1. The monoisotopic (exact) mass is 1460 g/mol. The Bertz CT molecular complexity index is 4810. The molecule has 0 saturated carbocycles. The molecule has 1 saturated heterocycles. The zero-order valence-corrected chi connectivity index (χ0v) is 49.7. The molecule has 0 unspecified atom stereocenters. The number of hydrogen-bond donors (Lipinski definition) is 0. The van der Waals surface area contributed by atoms with E-state index in [1.165, 1.54) is 19.6 Å². The van der Waals surface area contributed by atoms with E-state index < -0.39 is 68.6 Å². The summed E-state index contributed by atoms with van der Waals surface area (Å²) < 4.78 is 112. The predicted molar refractivity (Wildman–Crippen MR) is 339 cm³/mol. The van der Waals surface area contributed by atoms with Crippen LogP contribution >= 0.6 is 0 Å². The molecule has 83 heavy (non-hydrogen) atoms. The second-order valence-electron chi connectivity index (χ2n) is 22.0. The SMILES string of the molecule is [2H]C([2H])([2H])N1[C]2=[Pt]=[C]3N(c4[c-]c(cc(N5CCCC5)c4)N(c4ccc(N5c6[c-]c(ccc6)N6[C](=[Pt]=[C]7N(c8[c-]c5cc(C(C)(C)C)c8)c5ccccc5N7C([2H])([2H])[2H])N(C([2H])([2H])[2H])c5ccccc56)cc4)c4[c-]c(ccc4)N2c2ccccc21)c1ccccc1N3C([2H])([2H])[2H]. The molecule has 9 aromatic rings. The van der Waals surface area contributed by atoms with Crippen molar-refractivity contribution in [3.05, 3.63) is 212 Å². The third-order valence-corrected chi connectivity index (χ3v) is 22.0. The molecule has 7 aliphatic rings. The Hall–Kier alpha value is -8.36. The second-order valence-corrected chi connectivity index (χ2v) is 27.2. The Morgan fingerprint density at radius 3 is 1.00 bits per heavy atom. The van der Waals surface area contributed by atoms with Crippen LogP contribution in [0.2, 0.25) is 0 Å². The number of nitrogens with zero attached hydrogens (tertiary/aromatic N) is 11. The molecule has 16 rings (SSSR count). The summed E-state index contributed by atoms with van der Waals surface area (Å²) in [5.74, 6) is 0. The zero-order valence-electron chi connectivity index (χ0n) is 57.2. The van der Waals surface area contributed by atoms with Crippen LogP contribution < -0.4 is 53.9 Å². The van der Waals surface area contributed by atoms with Gasteiger partial charge in [0.2, 0.25) is 0 Å². The van der Waals surface area contributed by atoms with Crippen LogP contribution in [0.3, 0.4) is 0 Å². The average molecular weight is 1460 g/mol. The minimum absolute atomic E-state index is 0.419. The molecule has 1 fully saturated rings. The van der Waals surface area contributed by atoms with Gasteiger partial charge in [0.25, 0.3) is 0 Å². The van der Waals surface area contributed by atoms with Gasteiger partial charge < -0.3 is 0 Å². The van der Waals surface area contributed by atoms with Gasteiger partial charge in [0, 0.05) is 0 Å². The van der Waals surface area contributed by atoms with Crippen molar-refractivity contribution < 1.29 is 51.7 Å².